The molecule has 1 atom stereocenters. The molecule has 0 radical (unpaired) electrons. The molecule has 120 valence electrons. The number of rotatable bonds is 6. The zero-order valence-corrected chi connectivity index (χ0v) is 13.8. The maximum absolute atomic E-state index is 6.14. The smallest absolute Gasteiger partial charge is 0.243 e. The second-order valence-electron chi connectivity index (χ2n) is 6.80. The van der Waals surface area contributed by atoms with Crippen LogP contribution in [-0.2, 0) is 10.3 Å². The van der Waals surface area contributed by atoms with Gasteiger partial charge in [-0.2, -0.15) is 4.98 Å². The van der Waals surface area contributed by atoms with Crippen molar-refractivity contribution in [2.75, 3.05) is 6.61 Å². The predicted octanol–water partition coefficient (Wildman–Crippen LogP) is 3.56. The fourth-order valence-electron chi connectivity index (χ4n) is 3.12. The Morgan fingerprint density at radius 2 is 2.05 bits per heavy atom. The van der Waals surface area contributed by atoms with E-state index < -0.39 is 0 Å². The van der Waals surface area contributed by atoms with Gasteiger partial charge in [0, 0.05) is 6.61 Å². The van der Waals surface area contributed by atoms with Crippen LogP contribution in [0.15, 0.2) is 4.52 Å². The Hall–Kier alpha value is -0.940. The van der Waals surface area contributed by atoms with Gasteiger partial charge in [-0.15, -0.1) is 0 Å². The summed E-state index contributed by atoms with van der Waals surface area (Å²) in [4.78, 5) is 4.57. The highest BCUT2D eigenvalue weighted by atomic mass is 16.5. The lowest BCUT2D eigenvalue weighted by Crippen LogP contribution is -2.35. The van der Waals surface area contributed by atoms with Gasteiger partial charge in [-0.05, 0) is 50.9 Å². The van der Waals surface area contributed by atoms with Crippen LogP contribution >= 0.6 is 0 Å². The van der Waals surface area contributed by atoms with Crippen LogP contribution in [0.3, 0.4) is 0 Å². The van der Waals surface area contributed by atoms with E-state index in [1.807, 2.05) is 6.92 Å². The van der Waals surface area contributed by atoms with Crippen LogP contribution in [0, 0.1) is 11.8 Å². The van der Waals surface area contributed by atoms with Crippen LogP contribution in [0.25, 0.3) is 0 Å². The Bertz CT molecular complexity index is 436. The number of nitrogens with two attached hydrogens (primary N) is 1. The maximum atomic E-state index is 6.14. The molecule has 1 heterocycles. The third kappa shape index (κ3) is 3.83. The first kappa shape index (κ1) is 16.4. The van der Waals surface area contributed by atoms with E-state index in [-0.39, 0.29) is 11.6 Å². The lowest BCUT2D eigenvalue weighted by Gasteiger charge is -2.36. The minimum Gasteiger partial charge on any atom is -0.367 e. The van der Waals surface area contributed by atoms with Crippen molar-refractivity contribution in [1.29, 1.82) is 0 Å². The maximum Gasteiger partial charge on any atom is 0.243 e. The number of nitrogens with zero attached hydrogens (tertiary/aromatic N) is 2. The molecule has 2 rings (SSSR count). The Labute approximate surface area is 127 Å². The topological polar surface area (TPSA) is 74.2 Å². The largest absolute Gasteiger partial charge is 0.367 e. The standard InChI is InChI=1S/C16H29N3O2/c1-5-20-16(8-6-12(4)7-9-16)15-18-14(21-19-15)13(17)10-11(2)3/h11-13H,5-10,17H2,1-4H3/t12?,13-,16?/m1/s1. The van der Waals surface area contributed by atoms with Gasteiger partial charge in [0.15, 0.2) is 0 Å². The van der Waals surface area contributed by atoms with E-state index in [1.54, 1.807) is 0 Å². The Morgan fingerprint density at radius 1 is 1.38 bits per heavy atom. The molecule has 0 spiro atoms. The Balaban J connectivity index is 2.16. The van der Waals surface area contributed by atoms with Crippen molar-refractivity contribution >= 4 is 0 Å². The fourth-order valence-corrected chi connectivity index (χ4v) is 3.12. The molecular formula is C16H29N3O2. The number of hydrogen-bond acceptors (Lipinski definition) is 5. The van der Waals surface area contributed by atoms with Crippen LogP contribution in [0.2, 0.25) is 0 Å². The molecule has 0 saturated heterocycles. The van der Waals surface area contributed by atoms with E-state index in [1.165, 1.54) is 0 Å². The summed E-state index contributed by atoms with van der Waals surface area (Å²) in [5.41, 5.74) is 5.77. The van der Waals surface area contributed by atoms with Gasteiger partial charge in [-0.1, -0.05) is 25.9 Å². The van der Waals surface area contributed by atoms with Gasteiger partial charge in [-0.3, -0.25) is 0 Å². The zero-order valence-electron chi connectivity index (χ0n) is 13.8. The molecule has 1 saturated carbocycles. The molecule has 0 amide bonds. The van der Waals surface area contributed by atoms with Gasteiger partial charge in [0.25, 0.3) is 0 Å². The third-order valence-corrected chi connectivity index (χ3v) is 4.39. The second kappa shape index (κ2) is 6.88. The first-order valence-corrected chi connectivity index (χ1v) is 8.20. The van der Waals surface area contributed by atoms with Gasteiger partial charge >= 0.3 is 0 Å². The molecular weight excluding hydrogens is 266 g/mol. The normalized spacial score (nSPS) is 28.0. The van der Waals surface area contributed by atoms with Gasteiger partial charge < -0.3 is 15.0 Å². The van der Waals surface area contributed by atoms with Crippen molar-refractivity contribution in [3.8, 4) is 0 Å². The van der Waals surface area contributed by atoms with Crippen molar-refractivity contribution in [2.24, 2.45) is 17.6 Å². The lowest BCUT2D eigenvalue weighted by atomic mass is 9.79. The van der Waals surface area contributed by atoms with Crippen molar-refractivity contribution in [1.82, 2.24) is 10.1 Å². The number of hydrogen-bond donors (Lipinski definition) is 1. The molecule has 1 aromatic rings. The zero-order chi connectivity index (χ0) is 15.5. The molecule has 5 nitrogen and oxygen atoms in total. The van der Waals surface area contributed by atoms with Crippen LogP contribution in [-0.4, -0.2) is 16.7 Å². The summed E-state index contributed by atoms with van der Waals surface area (Å²) in [6.45, 7) is 9.25. The van der Waals surface area contributed by atoms with Gasteiger partial charge in [0.05, 0.1) is 6.04 Å². The van der Waals surface area contributed by atoms with Gasteiger partial charge in [-0.25, -0.2) is 0 Å². The molecule has 0 aromatic carbocycles. The number of ether oxygens (including phenoxy) is 1. The van der Waals surface area contributed by atoms with Crippen molar-refractivity contribution < 1.29 is 9.26 Å². The van der Waals surface area contributed by atoms with Crippen LogP contribution < -0.4 is 5.73 Å². The molecule has 1 fully saturated rings. The van der Waals surface area contributed by atoms with Crippen LogP contribution in [0.4, 0.5) is 0 Å². The number of aromatic nitrogens is 2. The minimum atomic E-state index is -0.374. The molecule has 0 bridgehead atoms. The predicted molar refractivity (Wildman–Crippen MR) is 81.6 cm³/mol. The first-order chi connectivity index (χ1) is 9.97. The monoisotopic (exact) mass is 295 g/mol. The average Bonchev–Trinajstić information content (AvgIpc) is 2.91. The summed E-state index contributed by atoms with van der Waals surface area (Å²) in [6, 6.07) is -0.188. The van der Waals surface area contributed by atoms with E-state index in [9.17, 15) is 0 Å². The van der Waals surface area contributed by atoms with Gasteiger partial charge in [0.1, 0.15) is 5.60 Å². The van der Waals surface area contributed by atoms with E-state index >= 15 is 0 Å². The first-order valence-electron chi connectivity index (χ1n) is 8.20. The summed E-state index contributed by atoms with van der Waals surface area (Å²) in [6.07, 6.45) is 5.05. The lowest BCUT2D eigenvalue weighted by molar-refractivity contribution is -0.0847. The van der Waals surface area contributed by atoms with Crippen LogP contribution in [0.1, 0.15) is 77.6 Å². The Morgan fingerprint density at radius 3 is 2.62 bits per heavy atom. The molecule has 5 heteroatoms. The summed E-state index contributed by atoms with van der Waals surface area (Å²) in [7, 11) is 0. The summed E-state index contributed by atoms with van der Waals surface area (Å²) < 4.78 is 11.5. The fraction of sp³-hybridized carbons (Fsp3) is 0.875. The highest BCUT2D eigenvalue weighted by Crippen LogP contribution is 2.41. The Kier molecular flexibility index (Phi) is 5.38. The SMILES string of the molecule is CCOC1(c2noc([C@H](N)CC(C)C)n2)CCC(C)CC1. The third-order valence-electron chi connectivity index (χ3n) is 4.39. The van der Waals surface area contributed by atoms with Crippen molar-refractivity contribution in [3.63, 3.8) is 0 Å². The molecule has 1 aromatic heterocycles. The molecule has 1 aliphatic carbocycles. The summed E-state index contributed by atoms with van der Waals surface area (Å²) in [5.74, 6) is 2.47. The second-order valence-corrected chi connectivity index (χ2v) is 6.80. The minimum absolute atomic E-state index is 0.188. The van der Waals surface area contributed by atoms with E-state index in [4.69, 9.17) is 15.0 Å². The van der Waals surface area contributed by atoms with Crippen LogP contribution in [0.5, 0.6) is 0 Å². The summed E-state index contributed by atoms with van der Waals surface area (Å²) >= 11 is 0. The molecule has 21 heavy (non-hydrogen) atoms. The highest BCUT2D eigenvalue weighted by Gasteiger charge is 2.41. The molecule has 0 aliphatic heterocycles. The van der Waals surface area contributed by atoms with Gasteiger partial charge in [0.2, 0.25) is 11.7 Å². The highest BCUT2D eigenvalue weighted by molar-refractivity contribution is 5.05. The summed E-state index contributed by atoms with van der Waals surface area (Å²) in [5, 5.41) is 4.19. The van der Waals surface area contributed by atoms with E-state index in [0.29, 0.717) is 24.2 Å². The van der Waals surface area contributed by atoms with E-state index in [0.717, 1.165) is 38.0 Å². The van der Waals surface area contributed by atoms with Crippen molar-refractivity contribution in [2.45, 2.75) is 71.4 Å². The van der Waals surface area contributed by atoms with E-state index in [2.05, 4.69) is 30.9 Å². The molecule has 0 unspecified atom stereocenters. The quantitative estimate of drug-likeness (QED) is 0.868. The van der Waals surface area contributed by atoms with Crippen molar-refractivity contribution in [3.05, 3.63) is 11.7 Å². The molecule has 1 aliphatic rings. The average molecular weight is 295 g/mol. The molecule has 2 N–H and O–H groups in total.